The fraction of sp³-hybridized carbons (Fsp3) is 0.333. The molecule has 1 N–H and O–H groups in total. The molecule has 5 heteroatoms. The quantitative estimate of drug-likeness (QED) is 0.763. The van der Waals surface area contributed by atoms with E-state index in [1.165, 1.54) is 21.4 Å². The molecule has 1 saturated heterocycles. The second-order valence-electron chi connectivity index (χ2n) is 6.99. The van der Waals surface area contributed by atoms with Crippen LogP contribution in [0.1, 0.15) is 24.5 Å². The molecule has 1 aliphatic rings. The van der Waals surface area contributed by atoms with Gasteiger partial charge in [0.2, 0.25) is 5.91 Å². The Morgan fingerprint density at radius 1 is 1.31 bits per heavy atom. The van der Waals surface area contributed by atoms with Crippen molar-refractivity contribution in [3.8, 4) is 10.6 Å². The van der Waals surface area contributed by atoms with Crippen LogP contribution in [0.15, 0.2) is 41.8 Å². The maximum Gasteiger partial charge on any atom is 0.221 e. The third-order valence-corrected chi connectivity index (χ3v) is 5.98. The summed E-state index contributed by atoms with van der Waals surface area (Å²) in [6.45, 7) is 6.58. The summed E-state index contributed by atoms with van der Waals surface area (Å²) in [7, 11) is 0. The van der Waals surface area contributed by atoms with Gasteiger partial charge in [0.05, 0.1) is 16.1 Å². The molecular formula is C21H23N3OS. The van der Waals surface area contributed by atoms with Crippen molar-refractivity contribution in [2.45, 2.75) is 32.9 Å². The number of hydrogen-bond acceptors (Lipinski definition) is 4. The molecule has 0 spiro atoms. The number of para-hydroxylation sites is 1. The van der Waals surface area contributed by atoms with Crippen molar-refractivity contribution in [1.82, 2.24) is 15.2 Å². The van der Waals surface area contributed by atoms with Gasteiger partial charge in [-0.25, -0.2) is 4.98 Å². The minimum atomic E-state index is 0.144. The summed E-state index contributed by atoms with van der Waals surface area (Å²) >= 11 is 1.72. The Labute approximate surface area is 157 Å². The number of aromatic nitrogens is 1. The number of nitrogens with zero attached hydrogens (tertiary/aromatic N) is 2. The highest BCUT2D eigenvalue weighted by molar-refractivity contribution is 7.13. The Kier molecular flexibility index (Phi) is 4.74. The Morgan fingerprint density at radius 2 is 2.19 bits per heavy atom. The molecule has 1 amide bonds. The van der Waals surface area contributed by atoms with Gasteiger partial charge in [-0.05, 0) is 42.5 Å². The van der Waals surface area contributed by atoms with Crippen LogP contribution in [-0.2, 0) is 11.3 Å². The van der Waals surface area contributed by atoms with E-state index in [2.05, 4.69) is 65.8 Å². The van der Waals surface area contributed by atoms with Crippen molar-refractivity contribution in [1.29, 1.82) is 0 Å². The van der Waals surface area contributed by atoms with Crippen molar-refractivity contribution in [2.24, 2.45) is 0 Å². The number of benzene rings is 1. The average Bonchev–Trinajstić information content (AvgIpc) is 3.12. The van der Waals surface area contributed by atoms with Crippen molar-refractivity contribution < 1.29 is 4.79 Å². The predicted molar refractivity (Wildman–Crippen MR) is 107 cm³/mol. The lowest BCUT2D eigenvalue weighted by molar-refractivity contribution is -0.120. The van der Waals surface area contributed by atoms with Crippen LogP contribution in [-0.4, -0.2) is 34.9 Å². The van der Waals surface area contributed by atoms with E-state index >= 15 is 0 Å². The van der Waals surface area contributed by atoms with Gasteiger partial charge < -0.3 is 5.32 Å². The minimum absolute atomic E-state index is 0.144. The van der Waals surface area contributed by atoms with Crippen LogP contribution in [0, 0.1) is 6.92 Å². The molecule has 0 bridgehead atoms. The van der Waals surface area contributed by atoms with E-state index in [0.717, 1.165) is 24.3 Å². The normalized spacial score (nSPS) is 18.7. The number of amides is 1. The van der Waals surface area contributed by atoms with E-state index in [1.54, 1.807) is 11.3 Å². The number of aryl methyl sites for hydroxylation is 1. The van der Waals surface area contributed by atoms with E-state index in [-0.39, 0.29) is 5.91 Å². The Bertz CT molecular complexity index is 936. The highest BCUT2D eigenvalue weighted by Gasteiger charge is 2.22. The molecule has 1 aliphatic heterocycles. The first kappa shape index (κ1) is 17.2. The third kappa shape index (κ3) is 3.37. The Balaban J connectivity index is 1.77. The number of pyridine rings is 1. The van der Waals surface area contributed by atoms with Gasteiger partial charge in [-0.3, -0.25) is 9.69 Å². The van der Waals surface area contributed by atoms with Crippen LogP contribution in [0.5, 0.6) is 0 Å². The molecule has 0 radical (unpaired) electrons. The van der Waals surface area contributed by atoms with Crippen molar-refractivity contribution in [3.05, 3.63) is 52.9 Å². The van der Waals surface area contributed by atoms with Gasteiger partial charge in [0, 0.05) is 37.5 Å². The summed E-state index contributed by atoms with van der Waals surface area (Å²) in [4.78, 5) is 20.4. The summed E-state index contributed by atoms with van der Waals surface area (Å²) in [5.74, 6) is 0.144. The van der Waals surface area contributed by atoms with Gasteiger partial charge in [-0.15, -0.1) is 11.3 Å². The highest BCUT2D eigenvalue weighted by Crippen LogP contribution is 2.31. The monoisotopic (exact) mass is 365 g/mol. The molecule has 26 heavy (non-hydrogen) atoms. The van der Waals surface area contributed by atoms with Crippen molar-refractivity contribution in [3.63, 3.8) is 0 Å². The smallest absolute Gasteiger partial charge is 0.221 e. The molecule has 4 rings (SSSR count). The van der Waals surface area contributed by atoms with E-state index in [4.69, 9.17) is 4.98 Å². The summed E-state index contributed by atoms with van der Waals surface area (Å²) in [5.41, 5.74) is 4.56. The summed E-state index contributed by atoms with van der Waals surface area (Å²) in [6, 6.07) is 13.1. The highest BCUT2D eigenvalue weighted by atomic mass is 32.1. The van der Waals surface area contributed by atoms with E-state index in [9.17, 15) is 4.79 Å². The van der Waals surface area contributed by atoms with Crippen LogP contribution in [0.2, 0.25) is 0 Å². The molecular weight excluding hydrogens is 342 g/mol. The second-order valence-corrected chi connectivity index (χ2v) is 7.94. The lowest BCUT2D eigenvalue weighted by Gasteiger charge is -2.27. The minimum Gasteiger partial charge on any atom is -0.355 e. The number of hydrogen-bond donors (Lipinski definition) is 1. The molecule has 3 aromatic rings. The molecule has 1 unspecified atom stereocenters. The van der Waals surface area contributed by atoms with Crippen LogP contribution in [0.25, 0.3) is 21.5 Å². The lowest BCUT2D eigenvalue weighted by Crippen LogP contribution is -2.37. The zero-order chi connectivity index (χ0) is 18.1. The largest absolute Gasteiger partial charge is 0.355 e. The molecule has 0 saturated carbocycles. The van der Waals surface area contributed by atoms with Gasteiger partial charge in [0.1, 0.15) is 0 Å². The standard InChI is InChI=1S/C21H23N3OS/c1-14-5-3-6-16-11-17(13-24-9-8-19(25)22-12-15(24)2)21(23-20(14)16)18-7-4-10-26-18/h3-7,10-11,15H,8-9,12-13H2,1-2H3,(H,22,25). The molecule has 3 heterocycles. The molecule has 1 fully saturated rings. The summed E-state index contributed by atoms with van der Waals surface area (Å²) in [6.07, 6.45) is 0.554. The molecule has 1 aromatic carbocycles. The number of rotatable bonds is 3. The first-order valence-electron chi connectivity index (χ1n) is 9.05. The molecule has 134 valence electrons. The van der Waals surface area contributed by atoms with Crippen LogP contribution >= 0.6 is 11.3 Å². The van der Waals surface area contributed by atoms with E-state index in [0.29, 0.717) is 19.0 Å². The summed E-state index contributed by atoms with van der Waals surface area (Å²) in [5, 5.41) is 6.27. The van der Waals surface area contributed by atoms with Gasteiger partial charge in [-0.2, -0.15) is 0 Å². The number of nitrogens with one attached hydrogen (secondary N) is 1. The number of fused-ring (bicyclic) bond motifs is 1. The van der Waals surface area contributed by atoms with Crippen LogP contribution in [0.4, 0.5) is 0 Å². The lowest BCUT2D eigenvalue weighted by atomic mass is 10.0. The predicted octanol–water partition coefficient (Wildman–Crippen LogP) is 3.98. The second kappa shape index (κ2) is 7.17. The molecule has 4 nitrogen and oxygen atoms in total. The molecule has 1 atom stereocenters. The van der Waals surface area contributed by atoms with Crippen LogP contribution in [0.3, 0.4) is 0 Å². The number of carbonyl (C=O) groups is 1. The zero-order valence-electron chi connectivity index (χ0n) is 15.2. The SMILES string of the molecule is Cc1cccc2cc(CN3CCC(=O)NCC3C)c(-c3cccs3)nc12. The van der Waals surface area contributed by atoms with Gasteiger partial charge in [0.15, 0.2) is 0 Å². The first-order valence-corrected chi connectivity index (χ1v) is 9.93. The third-order valence-electron chi connectivity index (χ3n) is 5.10. The van der Waals surface area contributed by atoms with Crippen molar-refractivity contribution in [2.75, 3.05) is 13.1 Å². The van der Waals surface area contributed by atoms with Gasteiger partial charge >= 0.3 is 0 Å². The first-order chi connectivity index (χ1) is 12.6. The summed E-state index contributed by atoms with van der Waals surface area (Å²) < 4.78 is 0. The molecule has 0 aliphatic carbocycles. The Hall–Kier alpha value is -2.24. The van der Waals surface area contributed by atoms with Crippen molar-refractivity contribution >= 4 is 28.1 Å². The van der Waals surface area contributed by atoms with Crippen LogP contribution < -0.4 is 5.32 Å². The fourth-order valence-electron chi connectivity index (χ4n) is 3.54. The van der Waals surface area contributed by atoms with Gasteiger partial charge in [0.25, 0.3) is 0 Å². The maximum atomic E-state index is 11.7. The maximum absolute atomic E-state index is 11.7. The molecule has 2 aromatic heterocycles. The number of thiophene rings is 1. The fourth-order valence-corrected chi connectivity index (χ4v) is 4.29. The van der Waals surface area contributed by atoms with Gasteiger partial charge in [-0.1, -0.05) is 24.3 Å². The average molecular weight is 366 g/mol. The topological polar surface area (TPSA) is 45.2 Å². The van der Waals surface area contributed by atoms with E-state index in [1.807, 2.05) is 0 Å². The Morgan fingerprint density at radius 3 is 3.00 bits per heavy atom. The van der Waals surface area contributed by atoms with E-state index < -0.39 is 0 Å². The number of carbonyl (C=O) groups excluding carboxylic acids is 1. The zero-order valence-corrected chi connectivity index (χ0v) is 16.0.